The Morgan fingerprint density at radius 3 is 2.54 bits per heavy atom. The molecule has 140 valence electrons. The second kappa shape index (κ2) is 7.78. The fourth-order valence-corrected chi connectivity index (χ4v) is 3.74. The van der Waals surface area contributed by atoms with Crippen molar-refractivity contribution in [3.8, 4) is 5.75 Å². The SMILES string of the molecule is CC(C)(C)N[C@H]1CCc2c(ccc(OCc3ccccc3)c2CN)[C@@H]1O. The van der Waals surface area contributed by atoms with E-state index in [9.17, 15) is 5.11 Å². The lowest BCUT2D eigenvalue weighted by atomic mass is 9.82. The average Bonchev–Trinajstić information content (AvgIpc) is 2.61. The number of ether oxygens (including phenoxy) is 1. The smallest absolute Gasteiger partial charge is 0.124 e. The Morgan fingerprint density at radius 2 is 1.88 bits per heavy atom. The molecule has 3 rings (SSSR count). The van der Waals surface area contributed by atoms with Gasteiger partial charge in [0.2, 0.25) is 0 Å². The second-order valence-corrected chi connectivity index (χ2v) is 8.07. The summed E-state index contributed by atoms with van der Waals surface area (Å²) >= 11 is 0. The number of nitrogens with one attached hydrogen (secondary N) is 1. The van der Waals surface area contributed by atoms with Gasteiger partial charge in [-0.05, 0) is 56.4 Å². The summed E-state index contributed by atoms with van der Waals surface area (Å²) in [5, 5.41) is 14.4. The fourth-order valence-electron chi connectivity index (χ4n) is 3.74. The molecular formula is C22H30N2O2. The number of aliphatic hydroxyl groups is 1. The van der Waals surface area contributed by atoms with Crippen molar-refractivity contribution in [2.75, 3.05) is 0 Å². The number of rotatable bonds is 5. The van der Waals surface area contributed by atoms with Crippen molar-refractivity contribution in [3.63, 3.8) is 0 Å². The Kier molecular flexibility index (Phi) is 5.66. The maximum atomic E-state index is 10.9. The monoisotopic (exact) mass is 354 g/mol. The van der Waals surface area contributed by atoms with Gasteiger partial charge in [0.05, 0.1) is 6.10 Å². The zero-order valence-electron chi connectivity index (χ0n) is 16.0. The summed E-state index contributed by atoms with van der Waals surface area (Å²) in [6, 6.07) is 14.1. The molecule has 0 saturated heterocycles. The lowest BCUT2D eigenvalue weighted by Gasteiger charge is -2.37. The standard InChI is InChI=1S/C22H30N2O2/c1-22(2,3)24-19-11-9-16-17(21(19)25)10-12-20(18(16)13-23)26-14-15-7-5-4-6-8-15/h4-8,10,12,19,21,24-25H,9,11,13-14,23H2,1-3H3/t19-,21-/m0/s1. The molecule has 2 aromatic rings. The third-order valence-corrected chi connectivity index (χ3v) is 4.89. The van der Waals surface area contributed by atoms with Crippen LogP contribution in [0.25, 0.3) is 0 Å². The molecule has 2 aromatic carbocycles. The van der Waals surface area contributed by atoms with Gasteiger partial charge in [-0.3, -0.25) is 0 Å². The van der Waals surface area contributed by atoms with E-state index >= 15 is 0 Å². The van der Waals surface area contributed by atoms with Crippen LogP contribution in [0.3, 0.4) is 0 Å². The van der Waals surface area contributed by atoms with Crippen molar-refractivity contribution in [1.82, 2.24) is 5.32 Å². The second-order valence-electron chi connectivity index (χ2n) is 8.07. The molecule has 4 nitrogen and oxygen atoms in total. The highest BCUT2D eigenvalue weighted by atomic mass is 16.5. The first-order valence-corrected chi connectivity index (χ1v) is 9.36. The van der Waals surface area contributed by atoms with E-state index in [-0.39, 0.29) is 11.6 Å². The van der Waals surface area contributed by atoms with Gasteiger partial charge in [0.1, 0.15) is 12.4 Å². The Balaban J connectivity index is 1.81. The minimum Gasteiger partial charge on any atom is -0.489 e. The van der Waals surface area contributed by atoms with Gasteiger partial charge in [-0.2, -0.15) is 0 Å². The molecule has 4 heteroatoms. The van der Waals surface area contributed by atoms with Crippen LogP contribution in [-0.2, 0) is 19.6 Å². The van der Waals surface area contributed by atoms with E-state index in [2.05, 4.69) is 26.1 Å². The van der Waals surface area contributed by atoms with Crippen LogP contribution in [0, 0.1) is 0 Å². The first-order valence-electron chi connectivity index (χ1n) is 9.36. The molecule has 1 aliphatic carbocycles. The molecule has 0 fully saturated rings. The lowest BCUT2D eigenvalue weighted by Crippen LogP contribution is -2.48. The zero-order chi connectivity index (χ0) is 18.7. The molecule has 0 bridgehead atoms. The first-order chi connectivity index (χ1) is 12.4. The summed E-state index contributed by atoms with van der Waals surface area (Å²) in [6.07, 6.45) is 1.27. The van der Waals surface area contributed by atoms with Crippen LogP contribution in [0.5, 0.6) is 5.75 Å². The van der Waals surface area contributed by atoms with E-state index in [0.717, 1.165) is 40.8 Å². The summed E-state index contributed by atoms with van der Waals surface area (Å²) < 4.78 is 6.05. The van der Waals surface area contributed by atoms with Gasteiger partial charge in [-0.25, -0.2) is 0 Å². The molecule has 2 atom stereocenters. The van der Waals surface area contributed by atoms with Gasteiger partial charge >= 0.3 is 0 Å². The Morgan fingerprint density at radius 1 is 1.15 bits per heavy atom. The molecule has 0 aromatic heterocycles. The first kappa shape index (κ1) is 18.9. The maximum absolute atomic E-state index is 10.9. The summed E-state index contributed by atoms with van der Waals surface area (Å²) in [4.78, 5) is 0. The molecule has 0 amide bonds. The normalized spacial score (nSPS) is 19.9. The van der Waals surface area contributed by atoms with E-state index in [1.807, 2.05) is 42.5 Å². The summed E-state index contributed by atoms with van der Waals surface area (Å²) in [5.74, 6) is 0.824. The van der Waals surface area contributed by atoms with Crippen LogP contribution in [-0.4, -0.2) is 16.7 Å². The van der Waals surface area contributed by atoms with Crippen molar-refractivity contribution in [1.29, 1.82) is 0 Å². The molecule has 0 radical (unpaired) electrons. The van der Waals surface area contributed by atoms with Crippen molar-refractivity contribution in [2.45, 2.75) is 64.4 Å². The van der Waals surface area contributed by atoms with Crippen LogP contribution in [0.1, 0.15) is 55.5 Å². The summed E-state index contributed by atoms with van der Waals surface area (Å²) in [6.45, 7) is 7.31. The summed E-state index contributed by atoms with van der Waals surface area (Å²) in [5.41, 5.74) is 10.3. The van der Waals surface area contributed by atoms with Crippen molar-refractivity contribution < 1.29 is 9.84 Å². The van der Waals surface area contributed by atoms with Gasteiger partial charge in [-0.1, -0.05) is 36.4 Å². The lowest BCUT2D eigenvalue weighted by molar-refractivity contribution is 0.0996. The van der Waals surface area contributed by atoms with Crippen molar-refractivity contribution >= 4 is 0 Å². The zero-order valence-corrected chi connectivity index (χ0v) is 16.0. The number of hydrogen-bond acceptors (Lipinski definition) is 4. The van der Waals surface area contributed by atoms with E-state index in [1.54, 1.807) is 0 Å². The van der Waals surface area contributed by atoms with Crippen LogP contribution in [0.2, 0.25) is 0 Å². The Hall–Kier alpha value is -1.88. The molecule has 0 heterocycles. The average molecular weight is 354 g/mol. The van der Waals surface area contributed by atoms with E-state index < -0.39 is 6.10 Å². The van der Waals surface area contributed by atoms with Crippen molar-refractivity contribution in [3.05, 3.63) is 64.7 Å². The molecule has 26 heavy (non-hydrogen) atoms. The highest BCUT2D eigenvalue weighted by molar-refractivity contribution is 5.48. The molecule has 4 N–H and O–H groups in total. The maximum Gasteiger partial charge on any atom is 0.124 e. The number of benzene rings is 2. The van der Waals surface area contributed by atoms with Crippen molar-refractivity contribution in [2.24, 2.45) is 5.73 Å². The van der Waals surface area contributed by atoms with E-state index in [1.165, 1.54) is 0 Å². The fraction of sp³-hybridized carbons (Fsp3) is 0.455. The highest BCUT2D eigenvalue weighted by Crippen LogP contribution is 2.37. The third-order valence-electron chi connectivity index (χ3n) is 4.89. The Labute approximate surface area is 156 Å². The minimum absolute atomic E-state index is 0.0292. The quantitative estimate of drug-likeness (QED) is 0.769. The third kappa shape index (κ3) is 4.26. The van der Waals surface area contributed by atoms with E-state index in [4.69, 9.17) is 10.5 Å². The van der Waals surface area contributed by atoms with Gasteiger partial charge in [-0.15, -0.1) is 0 Å². The van der Waals surface area contributed by atoms with Gasteiger partial charge < -0.3 is 20.9 Å². The van der Waals surface area contributed by atoms with Crippen LogP contribution < -0.4 is 15.8 Å². The predicted molar refractivity (Wildman–Crippen MR) is 105 cm³/mol. The minimum atomic E-state index is -0.522. The molecule has 0 saturated carbocycles. The van der Waals surface area contributed by atoms with Crippen LogP contribution >= 0.6 is 0 Å². The Bertz CT molecular complexity index is 738. The highest BCUT2D eigenvalue weighted by Gasteiger charge is 2.32. The van der Waals surface area contributed by atoms with Gasteiger partial charge in [0.25, 0.3) is 0 Å². The molecule has 1 aliphatic rings. The van der Waals surface area contributed by atoms with Crippen LogP contribution in [0.4, 0.5) is 0 Å². The number of hydrogen-bond donors (Lipinski definition) is 3. The van der Waals surface area contributed by atoms with Crippen LogP contribution in [0.15, 0.2) is 42.5 Å². The number of fused-ring (bicyclic) bond motifs is 1. The van der Waals surface area contributed by atoms with Gasteiger partial charge in [0, 0.05) is 23.7 Å². The van der Waals surface area contributed by atoms with Gasteiger partial charge in [0.15, 0.2) is 0 Å². The number of nitrogens with two attached hydrogens (primary N) is 1. The number of aliphatic hydroxyl groups excluding tert-OH is 1. The molecular weight excluding hydrogens is 324 g/mol. The largest absolute Gasteiger partial charge is 0.489 e. The molecule has 0 unspecified atom stereocenters. The topological polar surface area (TPSA) is 67.5 Å². The summed E-state index contributed by atoms with van der Waals surface area (Å²) in [7, 11) is 0. The molecule has 0 aliphatic heterocycles. The predicted octanol–water partition coefficient (Wildman–Crippen LogP) is 3.46. The van der Waals surface area contributed by atoms with E-state index in [0.29, 0.717) is 13.2 Å². The molecule has 0 spiro atoms.